The SMILES string of the molecule is CC(C)S(=O)(=O)CC(=O)Nc1cnc2c(F)cccc2c1Cl. The summed E-state index contributed by atoms with van der Waals surface area (Å²) >= 11 is 6.12. The van der Waals surface area contributed by atoms with E-state index >= 15 is 0 Å². The molecular weight excluding hydrogens is 331 g/mol. The number of sulfone groups is 1. The van der Waals surface area contributed by atoms with Gasteiger partial charge in [-0.3, -0.25) is 9.78 Å². The predicted molar refractivity (Wildman–Crippen MR) is 84.3 cm³/mol. The van der Waals surface area contributed by atoms with E-state index in [2.05, 4.69) is 10.3 Å². The Bertz CT molecular complexity index is 837. The van der Waals surface area contributed by atoms with E-state index in [4.69, 9.17) is 11.6 Å². The van der Waals surface area contributed by atoms with E-state index in [9.17, 15) is 17.6 Å². The lowest BCUT2D eigenvalue weighted by atomic mass is 10.2. The number of aromatic nitrogens is 1. The van der Waals surface area contributed by atoms with E-state index in [0.717, 1.165) is 0 Å². The number of nitrogens with one attached hydrogen (secondary N) is 1. The topological polar surface area (TPSA) is 76.1 Å². The number of amides is 1. The molecule has 5 nitrogen and oxygen atoms in total. The van der Waals surface area contributed by atoms with E-state index in [1.807, 2.05) is 0 Å². The Kier molecular flexibility index (Phi) is 4.67. The maximum absolute atomic E-state index is 13.6. The minimum Gasteiger partial charge on any atom is -0.323 e. The lowest BCUT2D eigenvalue weighted by Crippen LogP contribution is -2.28. The highest BCUT2D eigenvalue weighted by Crippen LogP contribution is 2.30. The monoisotopic (exact) mass is 344 g/mol. The summed E-state index contributed by atoms with van der Waals surface area (Å²) in [6.07, 6.45) is 1.20. The number of hydrogen-bond donors (Lipinski definition) is 1. The third-order valence-electron chi connectivity index (χ3n) is 3.11. The summed E-state index contributed by atoms with van der Waals surface area (Å²) in [5, 5.41) is 2.19. The van der Waals surface area contributed by atoms with Gasteiger partial charge >= 0.3 is 0 Å². The lowest BCUT2D eigenvalue weighted by Gasteiger charge is -2.11. The molecule has 1 aromatic carbocycles. The number of carbonyl (C=O) groups excluding carboxylic acids is 1. The van der Waals surface area contributed by atoms with Crippen molar-refractivity contribution in [3.05, 3.63) is 35.2 Å². The Hall–Kier alpha value is -1.73. The molecule has 0 aliphatic rings. The predicted octanol–water partition coefficient (Wildman–Crippen LogP) is 2.79. The molecule has 0 aliphatic heterocycles. The fourth-order valence-corrected chi connectivity index (χ4v) is 2.80. The summed E-state index contributed by atoms with van der Waals surface area (Å²) in [5.41, 5.74) is 0.226. The highest BCUT2D eigenvalue weighted by atomic mass is 35.5. The van der Waals surface area contributed by atoms with Gasteiger partial charge in [0.05, 0.1) is 22.2 Å². The molecule has 1 aromatic heterocycles. The van der Waals surface area contributed by atoms with Crippen LogP contribution in [0.2, 0.25) is 5.02 Å². The average Bonchev–Trinajstić information content (AvgIpc) is 2.42. The van der Waals surface area contributed by atoms with Gasteiger partial charge < -0.3 is 5.32 Å². The molecule has 1 amide bonds. The molecule has 0 saturated carbocycles. The van der Waals surface area contributed by atoms with Crippen LogP contribution in [0.15, 0.2) is 24.4 Å². The van der Waals surface area contributed by atoms with Gasteiger partial charge in [-0.05, 0) is 19.9 Å². The number of hydrogen-bond acceptors (Lipinski definition) is 4. The molecule has 0 bridgehead atoms. The van der Waals surface area contributed by atoms with Gasteiger partial charge in [0.1, 0.15) is 17.1 Å². The van der Waals surface area contributed by atoms with Crippen LogP contribution in [0.3, 0.4) is 0 Å². The second kappa shape index (κ2) is 6.18. The van der Waals surface area contributed by atoms with Crippen LogP contribution in [0, 0.1) is 5.82 Å². The standard InChI is InChI=1S/C14H14ClFN2O3S/c1-8(2)22(20,21)7-12(19)18-11-6-17-14-9(13(11)15)4-3-5-10(14)16/h3-6,8H,7H2,1-2H3,(H,18,19). The smallest absolute Gasteiger partial charge is 0.239 e. The number of fused-ring (bicyclic) bond motifs is 1. The molecular formula is C14H14ClFN2O3S. The molecule has 1 N–H and O–H groups in total. The van der Waals surface area contributed by atoms with Crippen LogP contribution in [0.1, 0.15) is 13.8 Å². The molecule has 22 heavy (non-hydrogen) atoms. The highest BCUT2D eigenvalue weighted by molar-refractivity contribution is 7.92. The molecule has 1 heterocycles. The van der Waals surface area contributed by atoms with Crippen LogP contribution in [-0.2, 0) is 14.6 Å². The summed E-state index contributed by atoms with van der Waals surface area (Å²) in [7, 11) is -3.52. The number of para-hydroxylation sites is 1. The lowest BCUT2D eigenvalue weighted by molar-refractivity contribution is -0.113. The summed E-state index contributed by atoms with van der Waals surface area (Å²) < 4.78 is 37.0. The second-order valence-corrected chi connectivity index (χ2v) is 7.96. The molecule has 118 valence electrons. The number of halogens is 2. The van der Waals surface area contributed by atoms with Crippen LogP contribution >= 0.6 is 11.6 Å². The molecule has 0 fully saturated rings. The quantitative estimate of drug-likeness (QED) is 0.925. The Morgan fingerprint density at radius 1 is 1.41 bits per heavy atom. The van der Waals surface area contributed by atoms with Gasteiger partial charge in [0.25, 0.3) is 0 Å². The fraction of sp³-hybridized carbons (Fsp3) is 0.286. The van der Waals surface area contributed by atoms with Crippen molar-refractivity contribution in [3.63, 3.8) is 0 Å². The Morgan fingerprint density at radius 2 is 2.09 bits per heavy atom. The highest BCUT2D eigenvalue weighted by Gasteiger charge is 2.21. The molecule has 0 saturated heterocycles. The van der Waals surface area contributed by atoms with Crippen molar-refractivity contribution in [2.24, 2.45) is 0 Å². The minimum atomic E-state index is -3.52. The zero-order valence-electron chi connectivity index (χ0n) is 11.9. The van der Waals surface area contributed by atoms with Crippen molar-refractivity contribution in [2.45, 2.75) is 19.1 Å². The summed E-state index contributed by atoms with van der Waals surface area (Å²) in [6.45, 7) is 2.99. The number of nitrogens with zero attached hydrogens (tertiary/aromatic N) is 1. The van der Waals surface area contributed by atoms with Crippen molar-refractivity contribution in [2.75, 3.05) is 11.1 Å². The molecule has 0 unspecified atom stereocenters. The summed E-state index contributed by atoms with van der Waals surface area (Å²) in [6, 6.07) is 4.29. The van der Waals surface area contributed by atoms with E-state index in [1.54, 1.807) is 6.07 Å². The first-order chi connectivity index (χ1) is 10.2. The van der Waals surface area contributed by atoms with E-state index < -0.39 is 32.6 Å². The molecule has 8 heteroatoms. The van der Waals surface area contributed by atoms with Gasteiger partial charge in [0.2, 0.25) is 5.91 Å². The fourth-order valence-electron chi connectivity index (χ4n) is 1.78. The number of pyridine rings is 1. The maximum Gasteiger partial charge on any atom is 0.239 e. The number of rotatable bonds is 4. The first kappa shape index (κ1) is 16.6. The third kappa shape index (κ3) is 3.36. The molecule has 0 aliphatic carbocycles. The maximum atomic E-state index is 13.6. The second-order valence-electron chi connectivity index (χ2n) is 5.03. The summed E-state index contributed by atoms with van der Waals surface area (Å²) in [4.78, 5) is 15.7. The minimum absolute atomic E-state index is 0.0836. The van der Waals surface area contributed by atoms with Gasteiger partial charge in [-0.15, -0.1) is 0 Å². The van der Waals surface area contributed by atoms with Crippen molar-refractivity contribution in [1.82, 2.24) is 4.98 Å². The molecule has 2 rings (SSSR count). The van der Waals surface area contributed by atoms with Crippen molar-refractivity contribution in [3.8, 4) is 0 Å². The molecule has 2 aromatic rings. The molecule has 0 spiro atoms. The van der Waals surface area contributed by atoms with Gasteiger partial charge in [-0.1, -0.05) is 23.7 Å². The third-order valence-corrected chi connectivity index (χ3v) is 5.62. The van der Waals surface area contributed by atoms with Crippen LogP contribution in [0.4, 0.5) is 10.1 Å². The van der Waals surface area contributed by atoms with Crippen LogP contribution in [0.5, 0.6) is 0 Å². The molecule has 0 atom stereocenters. The van der Waals surface area contributed by atoms with E-state index in [-0.39, 0.29) is 16.2 Å². The first-order valence-electron chi connectivity index (χ1n) is 6.46. The normalized spacial score (nSPS) is 11.9. The van der Waals surface area contributed by atoms with Crippen molar-refractivity contribution < 1.29 is 17.6 Å². The number of anilines is 1. The van der Waals surface area contributed by atoms with E-state index in [1.165, 1.54) is 32.2 Å². The number of carbonyl (C=O) groups is 1. The van der Waals surface area contributed by atoms with E-state index in [0.29, 0.717) is 5.39 Å². The first-order valence-corrected chi connectivity index (χ1v) is 8.56. The molecule has 0 radical (unpaired) electrons. The van der Waals surface area contributed by atoms with Crippen LogP contribution < -0.4 is 5.32 Å². The zero-order chi connectivity index (χ0) is 16.5. The van der Waals surface area contributed by atoms with Crippen LogP contribution in [-0.4, -0.2) is 30.3 Å². The van der Waals surface area contributed by atoms with Gasteiger partial charge in [-0.2, -0.15) is 0 Å². The van der Waals surface area contributed by atoms with Gasteiger partial charge in [0, 0.05) is 5.39 Å². The van der Waals surface area contributed by atoms with Crippen molar-refractivity contribution >= 4 is 43.9 Å². The Labute approximate surface area is 132 Å². The van der Waals surface area contributed by atoms with Crippen LogP contribution in [0.25, 0.3) is 10.9 Å². The number of benzene rings is 1. The average molecular weight is 345 g/mol. The largest absolute Gasteiger partial charge is 0.323 e. The zero-order valence-corrected chi connectivity index (χ0v) is 13.5. The Morgan fingerprint density at radius 3 is 2.73 bits per heavy atom. The van der Waals surface area contributed by atoms with Gasteiger partial charge in [0.15, 0.2) is 9.84 Å². The Balaban J connectivity index is 2.30. The van der Waals surface area contributed by atoms with Gasteiger partial charge in [-0.25, -0.2) is 12.8 Å². The summed E-state index contributed by atoms with van der Waals surface area (Å²) in [5.74, 6) is -1.89. The van der Waals surface area contributed by atoms with Crippen molar-refractivity contribution in [1.29, 1.82) is 0 Å².